The summed E-state index contributed by atoms with van der Waals surface area (Å²) in [6.45, 7) is 5.76. The molecule has 0 saturated carbocycles. The number of aryl methyl sites for hydroxylation is 1. The normalized spacial score (nSPS) is 15.5. The quantitative estimate of drug-likeness (QED) is 0.495. The first-order valence-electron chi connectivity index (χ1n) is 11.4. The Bertz CT molecular complexity index is 1480. The lowest BCUT2D eigenvalue weighted by atomic mass is 9.95. The highest BCUT2D eigenvalue weighted by atomic mass is 32.1. The van der Waals surface area contributed by atoms with E-state index in [0.717, 1.165) is 28.1 Å². The summed E-state index contributed by atoms with van der Waals surface area (Å²) in [5.74, 6) is 0.291. The van der Waals surface area contributed by atoms with E-state index in [0.29, 0.717) is 20.6 Å². The van der Waals surface area contributed by atoms with Gasteiger partial charge in [0.25, 0.3) is 5.56 Å². The third-order valence-electron chi connectivity index (χ3n) is 5.97. The van der Waals surface area contributed by atoms with Crippen molar-refractivity contribution in [2.45, 2.75) is 26.8 Å². The zero-order valence-electron chi connectivity index (χ0n) is 20.8. The lowest BCUT2D eigenvalue weighted by molar-refractivity contribution is -0.139. The molecule has 2 aromatic carbocycles. The Hall–Kier alpha value is -3.65. The fourth-order valence-corrected chi connectivity index (χ4v) is 5.19. The molecule has 1 aromatic heterocycles. The first kappa shape index (κ1) is 24.5. The summed E-state index contributed by atoms with van der Waals surface area (Å²) < 4.78 is 12.9. The van der Waals surface area contributed by atoms with Gasteiger partial charge in [0.2, 0.25) is 0 Å². The van der Waals surface area contributed by atoms with E-state index in [-0.39, 0.29) is 12.2 Å². The van der Waals surface area contributed by atoms with Crippen LogP contribution in [0, 0.1) is 6.92 Å². The second-order valence-corrected chi connectivity index (χ2v) is 9.53. The van der Waals surface area contributed by atoms with Crippen molar-refractivity contribution in [3.05, 3.63) is 90.1 Å². The first-order valence-corrected chi connectivity index (χ1v) is 12.2. The molecule has 2 heterocycles. The van der Waals surface area contributed by atoms with E-state index in [1.165, 1.54) is 11.3 Å². The average molecular weight is 492 g/mol. The highest BCUT2D eigenvalue weighted by Gasteiger charge is 2.33. The van der Waals surface area contributed by atoms with E-state index in [2.05, 4.69) is 4.99 Å². The number of allylic oxidation sites excluding steroid dienone is 1. The first-order chi connectivity index (χ1) is 16.7. The monoisotopic (exact) mass is 491 g/mol. The summed E-state index contributed by atoms with van der Waals surface area (Å²) >= 11 is 1.30. The van der Waals surface area contributed by atoms with Crippen LogP contribution in [-0.4, -0.2) is 38.3 Å². The molecule has 8 heteroatoms. The predicted molar refractivity (Wildman–Crippen MR) is 139 cm³/mol. The van der Waals surface area contributed by atoms with Crippen molar-refractivity contribution in [3.63, 3.8) is 0 Å². The molecule has 1 aliphatic rings. The highest BCUT2D eigenvalue weighted by Crippen LogP contribution is 2.31. The van der Waals surface area contributed by atoms with Crippen LogP contribution in [0.3, 0.4) is 0 Å². The summed E-state index contributed by atoms with van der Waals surface area (Å²) in [7, 11) is 5.56. The number of anilines is 1. The van der Waals surface area contributed by atoms with Gasteiger partial charge in [-0.3, -0.25) is 9.36 Å². The number of hydrogen-bond donors (Lipinski definition) is 0. The molecule has 35 heavy (non-hydrogen) atoms. The van der Waals surface area contributed by atoms with Crippen LogP contribution in [0.15, 0.2) is 63.5 Å². The molecule has 1 aliphatic heterocycles. The Morgan fingerprint density at radius 2 is 1.89 bits per heavy atom. The maximum Gasteiger partial charge on any atom is 0.338 e. The summed E-state index contributed by atoms with van der Waals surface area (Å²) in [6.07, 6.45) is 1.83. The van der Waals surface area contributed by atoms with Crippen LogP contribution in [0.2, 0.25) is 0 Å². The number of carbonyl (C=O) groups is 1. The van der Waals surface area contributed by atoms with Gasteiger partial charge in [0.05, 0.1) is 35.6 Å². The lowest BCUT2D eigenvalue weighted by Crippen LogP contribution is -2.39. The van der Waals surface area contributed by atoms with Crippen molar-refractivity contribution >= 4 is 29.1 Å². The number of methoxy groups -OCH3 is 1. The van der Waals surface area contributed by atoms with Gasteiger partial charge < -0.3 is 14.4 Å². The Kier molecular flexibility index (Phi) is 6.93. The number of nitrogens with zero attached hydrogens (tertiary/aromatic N) is 3. The van der Waals surface area contributed by atoms with E-state index in [1.807, 2.05) is 74.5 Å². The smallest absolute Gasteiger partial charge is 0.338 e. The molecule has 3 aromatic rings. The van der Waals surface area contributed by atoms with Gasteiger partial charge in [0, 0.05) is 19.8 Å². The van der Waals surface area contributed by atoms with Crippen LogP contribution >= 0.6 is 11.3 Å². The molecule has 0 N–H and O–H groups in total. The van der Waals surface area contributed by atoms with Gasteiger partial charge in [-0.1, -0.05) is 35.6 Å². The molecule has 0 amide bonds. The predicted octanol–water partition coefficient (Wildman–Crippen LogP) is 3.18. The molecule has 182 valence electrons. The minimum atomic E-state index is -0.629. The van der Waals surface area contributed by atoms with E-state index in [1.54, 1.807) is 25.5 Å². The van der Waals surface area contributed by atoms with Crippen molar-refractivity contribution in [3.8, 4) is 5.75 Å². The Balaban J connectivity index is 1.92. The molecule has 1 atom stereocenters. The van der Waals surface area contributed by atoms with Gasteiger partial charge in [-0.15, -0.1) is 0 Å². The van der Waals surface area contributed by atoms with Crippen LogP contribution in [-0.2, 0) is 9.53 Å². The van der Waals surface area contributed by atoms with Gasteiger partial charge in [-0.2, -0.15) is 0 Å². The number of ether oxygens (including phenoxy) is 2. The van der Waals surface area contributed by atoms with Crippen molar-refractivity contribution in [2.24, 2.45) is 4.99 Å². The largest absolute Gasteiger partial charge is 0.496 e. The van der Waals surface area contributed by atoms with Crippen molar-refractivity contribution in [2.75, 3.05) is 32.7 Å². The highest BCUT2D eigenvalue weighted by molar-refractivity contribution is 7.07. The van der Waals surface area contributed by atoms with Crippen LogP contribution in [0.25, 0.3) is 6.08 Å². The molecule has 0 spiro atoms. The van der Waals surface area contributed by atoms with Gasteiger partial charge in [-0.25, -0.2) is 9.79 Å². The van der Waals surface area contributed by atoms with Crippen LogP contribution in [0.4, 0.5) is 5.69 Å². The molecule has 4 rings (SSSR count). The van der Waals surface area contributed by atoms with E-state index >= 15 is 0 Å². The maximum atomic E-state index is 13.7. The molecule has 0 saturated heterocycles. The fraction of sp³-hybridized carbons (Fsp3) is 0.296. The van der Waals surface area contributed by atoms with Crippen molar-refractivity contribution in [1.82, 2.24) is 4.57 Å². The number of thiazole rings is 1. The Morgan fingerprint density at radius 3 is 2.51 bits per heavy atom. The lowest BCUT2D eigenvalue weighted by Gasteiger charge is -2.25. The van der Waals surface area contributed by atoms with Crippen LogP contribution in [0.1, 0.15) is 36.6 Å². The Morgan fingerprint density at radius 1 is 1.17 bits per heavy atom. The van der Waals surface area contributed by atoms with E-state index in [4.69, 9.17) is 9.47 Å². The third kappa shape index (κ3) is 4.66. The van der Waals surface area contributed by atoms with Gasteiger partial charge in [0.1, 0.15) is 5.75 Å². The molecule has 0 aliphatic carbocycles. The average Bonchev–Trinajstić information content (AvgIpc) is 3.13. The molecule has 0 bridgehead atoms. The minimum Gasteiger partial charge on any atom is -0.496 e. The molecule has 0 fully saturated rings. The second-order valence-electron chi connectivity index (χ2n) is 8.52. The number of aromatic nitrogens is 1. The van der Waals surface area contributed by atoms with E-state index < -0.39 is 12.0 Å². The number of benzene rings is 2. The van der Waals surface area contributed by atoms with Gasteiger partial charge in [-0.05, 0) is 61.7 Å². The number of carbonyl (C=O) groups excluding carboxylic acids is 1. The zero-order chi connectivity index (χ0) is 25.3. The Labute approximate surface area is 208 Å². The van der Waals surface area contributed by atoms with Crippen molar-refractivity contribution in [1.29, 1.82) is 0 Å². The molecule has 7 nitrogen and oxygen atoms in total. The topological polar surface area (TPSA) is 73.1 Å². The SMILES string of the molecule is CCOC(=O)C1=C(C)N=c2s/c(=C/c3ccc(C)c(OC)c3)c(=O)n2[C@@H]1c1ccc(N(C)C)cc1. The number of fused-ring (bicyclic) bond motifs is 1. The summed E-state index contributed by atoms with van der Waals surface area (Å²) in [5, 5.41) is 0. The number of rotatable bonds is 6. The second kappa shape index (κ2) is 9.92. The van der Waals surface area contributed by atoms with E-state index in [9.17, 15) is 9.59 Å². The molecular weight excluding hydrogens is 462 g/mol. The minimum absolute atomic E-state index is 0.204. The summed E-state index contributed by atoms with van der Waals surface area (Å²) in [6, 6.07) is 13.0. The van der Waals surface area contributed by atoms with Crippen LogP contribution < -0.4 is 24.5 Å². The number of esters is 1. The zero-order valence-corrected chi connectivity index (χ0v) is 21.6. The van der Waals surface area contributed by atoms with Crippen molar-refractivity contribution < 1.29 is 14.3 Å². The molecule has 0 radical (unpaired) electrons. The van der Waals surface area contributed by atoms with Crippen LogP contribution in [0.5, 0.6) is 5.75 Å². The third-order valence-corrected chi connectivity index (χ3v) is 6.96. The number of hydrogen-bond acceptors (Lipinski definition) is 7. The summed E-state index contributed by atoms with van der Waals surface area (Å²) in [4.78, 5) is 33.9. The fourth-order valence-electron chi connectivity index (χ4n) is 4.14. The maximum absolute atomic E-state index is 13.7. The van der Waals surface area contributed by atoms with Gasteiger partial charge in [0.15, 0.2) is 4.80 Å². The van der Waals surface area contributed by atoms with Gasteiger partial charge >= 0.3 is 5.97 Å². The molecular formula is C27H29N3O4S. The summed E-state index contributed by atoms with van der Waals surface area (Å²) in [5.41, 5.74) is 4.43. The standard InChI is InChI=1S/C27H29N3O4S/c1-7-34-26(32)23-17(3)28-27-30(24(23)19-10-12-20(13-11-19)29(4)5)25(31)22(35-27)15-18-9-8-16(2)21(14-18)33-6/h8-15,24H,7H2,1-6H3/b22-15+/t24-/m1/s1. The molecule has 0 unspecified atom stereocenters.